The zero-order chi connectivity index (χ0) is 10.3. The van der Waals surface area contributed by atoms with E-state index in [2.05, 4.69) is 27.7 Å². The quantitative estimate of drug-likeness (QED) is 0.538. The van der Waals surface area contributed by atoms with Crippen LogP contribution in [0.1, 0.15) is 53.4 Å². The molecule has 14 heavy (non-hydrogen) atoms. The zero-order valence-electron chi connectivity index (χ0n) is 10.3. The molecule has 6 unspecified atom stereocenters. The molecule has 0 nitrogen and oxygen atoms in total. The van der Waals surface area contributed by atoms with Crippen molar-refractivity contribution >= 4 is 0 Å². The Morgan fingerprint density at radius 3 is 2.07 bits per heavy atom. The van der Waals surface area contributed by atoms with Gasteiger partial charge in [0.05, 0.1) is 0 Å². The predicted octanol–water partition coefficient (Wildman–Crippen LogP) is 4.35. The van der Waals surface area contributed by atoms with Gasteiger partial charge in [0.2, 0.25) is 0 Å². The second-order valence-electron chi connectivity index (χ2n) is 6.26. The van der Waals surface area contributed by atoms with E-state index < -0.39 is 0 Å². The summed E-state index contributed by atoms with van der Waals surface area (Å²) in [5.41, 5.74) is 0. The molecule has 2 aliphatic rings. The van der Waals surface area contributed by atoms with Crippen LogP contribution in [-0.2, 0) is 0 Å². The molecule has 2 saturated carbocycles. The molecule has 0 aromatic rings. The molecule has 2 fully saturated rings. The number of hydrogen-bond acceptors (Lipinski definition) is 0. The van der Waals surface area contributed by atoms with Crippen LogP contribution in [0, 0.1) is 35.5 Å². The van der Waals surface area contributed by atoms with E-state index in [-0.39, 0.29) is 0 Å². The minimum absolute atomic E-state index is 0.976. The molecule has 0 radical (unpaired) electrons. The summed E-state index contributed by atoms with van der Waals surface area (Å²) in [6, 6.07) is 0. The molecule has 2 rings (SSSR count). The van der Waals surface area contributed by atoms with Crippen molar-refractivity contribution in [1.82, 2.24) is 0 Å². The number of hydrogen-bond donors (Lipinski definition) is 0. The highest BCUT2D eigenvalue weighted by atomic mass is 14.4. The molecule has 0 N–H and O–H groups in total. The maximum atomic E-state index is 2.50. The average Bonchev–Trinajstić information content (AvgIpc) is 2.15. The van der Waals surface area contributed by atoms with Crippen LogP contribution in [0.3, 0.4) is 0 Å². The van der Waals surface area contributed by atoms with Gasteiger partial charge in [0.15, 0.2) is 0 Å². The normalized spacial score (nSPS) is 54.0. The first-order chi connectivity index (χ1) is 6.59. The Hall–Kier alpha value is 0. The molecule has 6 atom stereocenters. The van der Waals surface area contributed by atoms with Gasteiger partial charge in [-0.05, 0) is 54.8 Å². The van der Waals surface area contributed by atoms with Crippen LogP contribution in [-0.4, -0.2) is 0 Å². The minimum Gasteiger partial charge on any atom is -0.0622 e. The van der Waals surface area contributed by atoms with Crippen molar-refractivity contribution in [3.8, 4) is 0 Å². The van der Waals surface area contributed by atoms with Gasteiger partial charge in [-0.25, -0.2) is 0 Å². The van der Waals surface area contributed by atoms with Gasteiger partial charge in [-0.3, -0.25) is 0 Å². The van der Waals surface area contributed by atoms with Crippen LogP contribution in [0.15, 0.2) is 0 Å². The second-order valence-corrected chi connectivity index (χ2v) is 6.26. The van der Waals surface area contributed by atoms with Crippen LogP contribution in [0.25, 0.3) is 0 Å². The van der Waals surface area contributed by atoms with Crippen molar-refractivity contribution < 1.29 is 0 Å². The monoisotopic (exact) mass is 194 g/mol. The summed E-state index contributed by atoms with van der Waals surface area (Å²) in [5.74, 6) is 6.07. The van der Waals surface area contributed by atoms with Crippen molar-refractivity contribution in [1.29, 1.82) is 0 Å². The van der Waals surface area contributed by atoms with Crippen molar-refractivity contribution in [2.24, 2.45) is 35.5 Å². The van der Waals surface area contributed by atoms with Gasteiger partial charge in [-0.1, -0.05) is 34.1 Å². The lowest BCUT2D eigenvalue weighted by Crippen LogP contribution is -2.38. The highest BCUT2D eigenvalue weighted by Gasteiger charge is 2.40. The summed E-state index contributed by atoms with van der Waals surface area (Å²) >= 11 is 0. The molecule has 0 aromatic heterocycles. The summed E-state index contributed by atoms with van der Waals surface area (Å²) < 4.78 is 0. The van der Waals surface area contributed by atoms with Gasteiger partial charge in [0.25, 0.3) is 0 Å². The van der Waals surface area contributed by atoms with Crippen LogP contribution in [0.2, 0.25) is 0 Å². The maximum Gasteiger partial charge on any atom is -0.0355 e. The Morgan fingerprint density at radius 2 is 1.36 bits per heavy atom. The standard InChI is InChI=1S/C14H26/c1-9-5-6-13-7-10(2)11(3)8-14(13)12(9)4/h9-14H,5-8H2,1-4H3. The Labute approximate surface area is 89.5 Å². The number of fused-ring (bicyclic) bond motifs is 1. The molecule has 0 saturated heterocycles. The van der Waals surface area contributed by atoms with E-state index in [1.54, 1.807) is 0 Å². The molecule has 0 heterocycles. The first kappa shape index (κ1) is 10.5. The van der Waals surface area contributed by atoms with Gasteiger partial charge in [0.1, 0.15) is 0 Å². The largest absolute Gasteiger partial charge is 0.0622 e. The molecule has 0 amide bonds. The minimum atomic E-state index is 0.976. The molecular weight excluding hydrogens is 168 g/mol. The van der Waals surface area contributed by atoms with Crippen molar-refractivity contribution in [2.45, 2.75) is 53.4 Å². The molecule has 0 aliphatic heterocycles. The van der Waals surface area contributed by atoms with E-state index in [1.165, 1.54) is 25.7 Å². The lowest BCUT2D eigenvalue weighted by molar-refractivity contribution is 0.0274. The lowest BCUT2D eigenvalue weighted by Gasteiger charge is -2.47. The summed E-state index contributed by atoms with van der Waals surface area (Å²) in [5, 5.41) is 0. The first-order valence-electron chi connectivity index (χ1n) is 6.59. The van der Waals surface area contributed by atoms with Crippen LogP contribution in [0.4, 0.5) is 0 Å². The highest BCUT2D eigenvalue weighted by molar-refractivity contribution is 4.89. The molecule has 2 aliphatic carbocycles. The first-order valence-corrected chi connectivity index (χ1v) is 6.59. The van der Waals surface area contributed by atoms with Gasteiger partial charge in [-0.15, -0.1) is 0 Å². The molecule has 0 bridgehead atoms. The third-order valence-electron chi connectivity index (χ3n) is 5.46. The lowest BCUT2D eigenvalue weighted by atomic mass is 9.58. The van der Waals surface area contributed by atoms with Crippen molar-refractivity contribution in [3.05, 3.63) is 0 Å². The number of rotatable bonds is 0. The van der Waals surface area contributed by atoms with E-state index in [4.69, 9.17) is 0 Å². The van der Waals surface area contributed by atoms with E-state index in [9.17, 15) is 0 Å². The zero-order valence-corrected chi connectivity index (χ0v) is 10.3. The molecule has 0 spiro atoms. The van der Waals surface area contributed by atoms with Crippen LogP contribution < -0.4 is 0 Å². The van der Waals surface area contributed by atoms with Gasteiger partial charge in [-0.2, -0.15) is 0 Å². The van der Waals surface area contributed by atoms with Crippen LogP contribution in [0.5, 0.6) is 0 Å². The summed E-state index contributed by atoms with van der Waals surface area (Å²) in [7, 11) is 0. The second kappa shape index (κ2) is 3.87. The van der Waals surface area contributed by atoms with Crippen molar-refractivity contribution in [3.63, 3.8) is 0 Å². The summed E-state index contributed by atoms with van der Waals surface area (Å²) in [4.78, 5) is 0. The molecular formula is C14H26. The van der Waals surface area contributed by atoms with Gasteiger partial charge in [0, 0.05) is 0 Å². The van der Waals surface area contributed by atoms with Crippen LogP contribution >= 0.6 is 0 Å². The molecule has 0 aromatic carbocycles. The maximum absolute atomic E-state index is 2.50. The highest BCUT2D eigenvalue weighted by Crippen LogP contribution is 2.49. The van der Waals surface area contributed by atoms with Crippen molar-refractivity contribution in [2.75, 3.05) is 0 Å². The topological polar surface area (TPSA) is 0 Å². The fourth-order valence-corrected chi connectivity index (χ4v) is 3.88. The summed E-state index contributed by atoms with van der Waals surface area (Å²) in [6.07, 6.45) is 6.04. The van der Waals surface area contributed by atoms with E-state index in [0.29, 0.717) is 0 Å². The Kier molecular flexibility index (Phi) is 2.91. The SMILES string of the molecule is CC1CC2CCC(C)C(C)C2CC1C. The fraction of sp³-hybridized carbons (Fsp3) is 1.00. The third kappa shape index (κ3) is 1.73. The van der Waals surface area contributed by atoms with Gasteiger partial charge < -0.3 is 0 Å². The van der Waals surface area contributed by atoms with Gasteiger partial charge >= 0.3 is 0 Å². The average molecular weight is 194 g/mol. The summed E-state index contributed by atoms with van der Waals surface area (Å²) in [6.45, 7) is 9.89. The smallest absolute Gasteiger partial charge is 0.0355 e. The fourth-order valence-electron chi connectivity index (χ4n) is 3.88. The van der Waals surface area contributed by atoms with E-state index >= 15 is 0 Å². The molecule has 0 heteroatoms. The van der Waals surface area contributed by atoms with E-state index in [0.717, 1.165) is 35.5 Å². The Balaban J connectivity index is 2.06. The third-order valence-corrected chi connectivity index (χ3v) is 5.46. The van der Waals surface area contributed by atoms with E-state index in [1.807, 2.05) is 0 Å². The Morgan fingerprint density at radius 1 is 0.714 bits per heavy atom. The predicted molar refractivity (Wildman–Crippen MR) is 62.1 cm³/mol. The Bertz CT molecular complexity index is 196. The molecule has 82 valence electrons.